The molecule has 2 heterocycles. The zero-order chi connectivity index (χ0) is 25.7. The van der Waals surface area contributed by atoms with Crippen molar-refractivity contribution in [2.75, 3.05) is 26.2 Å². The molecule has 0 bridgehead atoms. The number of likely N-dealkylation sites (tertiary alicyclic amines) is 1. The number of amides is 3. The van der Waals surface area contributed by atoms with Crippen molar-refractivity contribution in [2.45, 2.75) is 33.3 Å². The van der Waals surface area contributed by atoms with Crippen molar-refractivity contribution in [1.29, 1.82) is 0 Å². The average Bonchev–Trinajstić information content (AvgIpc) is 3.12. The van der Waals surface area contributed by atoms with Gasteiger partial charge in [0.05, 0.1) is 11.5 Å². The second kappa shape index (κ2) is 11.8. The quantitative estimate of drug-likeness (QED) is 0.414. The van der Waals surface area contributed by atoms with Crippen LogP contribution in [0, 0.1) is 5.92 Å². The molecule has 0 N–H and O–H groups in total. The summed E-state index contributed by atoms with van der Waals surface area (Å²) in [6, 6.07) is 12.8. The van der Waals surface area contributed by atoms with Crippen molar-refractivity contribution >= 4 is 46.5 Å². The third-order valence-corrected chi connectivity index (χ3v) is 7.49. The Balaban J connectivity index is 1.45. The average molecular weight is 529 g/mol. The molecule has 2 aromatic carbocycles. The lowest BCUT2D eigenvalue weighted by Crippen LogP contribution is -2.45. The van der Waals surface area contributed by atoms with Gasteiger partial charge in [-0.15, -0.1) is 0 Å². The van der Waals surface area contributed by atoms with Gasteiger partial charge in [-0.2, -0.15) is 0 Å². The van der Waals surface area contributed by atoms with Crippen LogP contribution >= 0.6 is 23.4 Å². The van der Waals surface area contributed by atoms with E-state index >= 15 is 0 Å². The Morgan fingerprint density at radius 2 is 1.86 bits per heavy atom. The number of carbonyl (C=O) groups is 3. The number of ether oxygens (including phenoxy) is 2. The van der Waals surface area contributed by atoms with E-state index in [1.54, 1.807) is 35.2 Å². The van der Waals surface area contributed by atoms with Crippen LogP contribution < -0.4 is 9.47 Å². The minimum Gasteiger partial charge on any atom is -0.490 e. The van der Waals surface area contributed by atoms with E-state index in [0.717, 1.165) is 35.1 Å². The second-order valence-electron chi connectivity index (χ2n) is 8.85. The van der Waals surface area contributed by atoms with Gasteiger partial charge in [0.1, 0.15) is 13.2 Å². The van der Waals surface area contributed by atoms with Crippen LogP contribution in [0.2, 0.25) is 5.02 Å². The number of thioether (sulfide) groups is 1. The molecule has 0 aliphatic carbocycles. The molecule has 0 unspecified atom stereocenters. The van der Waals surface area contributed by atoms with Gasteiger partial charge in [-0.3, -0.25) is 19.3 Å². The summed E-state index contributed by atoms with van der Waals surface area (Å²) in [4.78, 5) is 41.2. The molecular weight excluding hydrogens is 500 g/mol. The number of carbonyl (C=O) groups excluding carboxylic acids is 3. The highest BCUT2D eigenvalue weighted by molar-refractivity contribution is 8.18. The molecule has 2 fully saturated rings. The zero-order valence-electron chi connectivity index (χ0n) is 20.4. The van der Waals surface area contributed by atoms with Crippen LogP contribution in [0.4, 0.5) is 4.79 Å². The summed E-state index contributed by atoms with van der Waals surface area (Å²) in [5.74, 6) is 1.00. The maximum absolute atomic E-state index is 12.9. The first-order valence-electron chi connectivity index (χ1n) is 12.0. The van der Waals surface area contributed by atoms with Crippen LogP contribution in [0.5, 0.6) is 11.5 Å². The van der Waals surface area contributed by atoms with Crippen LogP contribution in [0.3, 0.4) is 0 Å². The number of hydrogen-bond acceptors (Lipinski definition) is 6. The fourth-order valence-electron chi connectivity index (χ4n) is 4.05. The van der Waals surface area contributed by atoms with E-state index in [4.69, 9.17) is 21.1 Å². The van der Waals surface area contributed by atoms with Gasteiger partial charge in [-0.1, -0.05) is 42.8 Å². The molecule has 190 valence electrons. The fraction of sp³-hybridized carbons (Fsp3) is 0.370. The molecule has 36 heavy (non-hydrogen) atoms. The molecule has 0 radical (unpaired) electrons. The third kappa shape index (κ3) is 6.23. The Morgan fingerprint density at radius 3 is 2.58 bits per heavy atom. The van der Waals surface area contributed by atoms with Gasteiger partial charge in [0.2, 0.25) is 5.91 Å². The Kier molecular flexibility index (Phi) is 8.59. The third-order valence-electron chi connectivity index (χ3n) is 6.21. The lowest BCUT2D eigenvalue weighted by atomic mass is 9.99. The molecule has 2 saturated heterocycles. The van der Waals surface area contributed by atoms with Crippen molar-refractivity contribution in [1.82, 2.24) is 9.80 Å². The van der Waals surface area contributed by atoms with Gasteiger partial charge in [0, 0.05) is 23.7 Å². The van der Waals surface area contributed by atoms with E-state index in [1.807, 2.05) is 25.1 Å². The predicted molar refractivity (Wildman–Crippen MR) is 141 cm³/mol. The number of nitrogens with zero attached hydrogens (tertiary/aromatic N) is 2. The second-order valence-corrected chi connectivity index (χ2v) is 10.3. The summed E-state index contributed by atoms with van der Waals surface area (Å²) >= 11 is 7.06. The van der Waals surface area contributed by atoms with Crippen LogP contribution in [0.15, 0.2) is 47.4 Å². The Bertz CT molecular complexity index is 1180. The number of rotatable bonds is 8. The highest BCUT2D eigenvalue weighted by Gasteiger charge is 2.37. The summed E-state index contributed by atoms with van der Waals surface area (Å²) < 4.78 is 11.7. The highest BCUT2D eigenvalue weighted by Crippen LogP contribution is 2.35. The predicted octanol–water partition coefficient (Wildman–Crippen LogP) is 5.61. The maximum atomic E-state index is 12.9. The van der Waals surface area contributed by atoms with Crippen molar-refractivity contribution in [2.24, 2.45) is 5.92 Å². The smallest absolute Gasteiger partial charge is 0.294 e. The van der Waals surface area contributed by atoms with Gasteiger partial charge >= 0.3 is 0 Å². The summed E-state index contributed by atoms with van der Waals surface area (Å²) in [7, 11) is 0. The summed E-state index contributed by atoms with van der Waals surface area (Å²) in [5, 5.41) is 0.186. The van der Waals surface area contributed by atoms with E-state index < -0.39 is 11.1 Å². The van der Waals surface area contributed by atoms with Gasteiger partial charge in [-0.25, -0.2) is 0 Å². The van der Waals surface area contributed by atoms with Crippen molar-refractivity contribution in [3.8, 4) is 11.5 Å². The highest BCUT2D eigenvalue weighted by atomic mass is 35.5. The van der Waals surface area contributed by atoms with Gasteiger partial charge in [0.25, 0.3) is 11.1 Å². The first kappa shape index (κ1) is 26.1. The number of hydrogen-bond donors (Lipinski definition) is 0. The van der Waals surface area contributed by atoms with E-state index in [0.29, 0.717) is 47.7 Å². The van der Waals surface area contributed by atoms with Crippen molar-refractivity contribution in [3.63, 3.8) is 0 Å². The lowest BCUT2D eigenvalue weighted by Gasteiger charge is -2.31. The lowest BCUT2D eigenvalue weighted by molar-refractivity contribution is -0.136. The minimum absolute atomic E-state index is 0.191. The maximum Gasteiger partial charge on any atom is 0.294 e. The molecule has 9 heteroatoms. The molecule has 4 rings (SSSR count). The Hall–Kier alpha value is -2.97. The molecule has 7 nitrogen and oxygen atoms in total. The SMILES string of the molecule is CCOc1cc(/C=C2/SC(=O)N(CC(=O)N3CCC(C)CC3)C2=O)ccc1OCc1ccccc1Cl. The molecule has 2 aliphatic rings. The van der Waals surface area contributed by atoms with E-state index in [1.165, 1.54) is 0 Å². The summed E-state index contributed by atoms with van der Waals surface area (Å²) in [5.41, 5.74) is 1.54. The molecule has 0 saturated carbocycles. The van der Waals surface area contributed by atoms with E-state index in [-0.39, 0.29) is 24.0 Å². The molecule has 2 aliphatic heterocycles. The first-order valence-corrected chi connectivity index (χ1v) is 13.2. The number of benzene rings is 2. The summed E-state index contributed by atoms with van der Waals surface area (Å²) in [6.07, 6.45) is 3.51. The Labute approximate surface area is 220 Å². The van der Waals surface area contributed by atoms with Crippen LogP contribution in [-0.4, -0.2) is 53.1 Å². The van der Waals surface area contributed by atoms with Gasteiger partial charge in [0.15, 0.2) is 11.5 Å². The molecule has 3 amide bonds. The van der Waals surface area contributed by atoms with Crippen molar-refractivity contribution in [3.05, 3.63) is 63.5 Å². The monoisotopic (exact) mass is 528 g/mol. The standard InChI is InChI=1S/C27H29ClN2O5S/c1-3-34-23-14-19(8-9-22(23)35-17-20-6-4-5-7-21(20)28)15-24-26(32)30(27(33)36-24)16-25(31)29-12-10-18(2)11-13-29/h4-9,14-15,18H,3,10-13,16-17H2,1-2H3/b24-15+. The molecule has 0 aromatic heterocycles. The van der Waals surface area contributed by atoms with Crippen LogP contribution in [0.25, 0.3) is 6.08 Å². The summed E-state index contributed by atoms with van der Waals surface area (Å²) in [6.45, 7) is 5.85. The first-order chi connectivity index (χ1) is 17.4. The molecular formula is C27H29ClN2O5S. The van der Waals surface area contributed by atoms with E-state index in [2.05, 4.69) is 6.92 Å². The van der Waals surface area contributed by atoms with Gasteiger partial charge < -0.3 is 14.4 Å². The normalized spacial score (nSPS) is 17.7. The molecule has 0 spiro atoms. The Morgan fingerprint density at radius 1 is 1.11 bits per heavy atom. The topological polar surface area (TPSA) is 76.2 Å². The van der Waals surface area contributed by atoms with E-state index in [9.17, 15) is 14.4 Å². The molecule has 2 aromatic rings. The van der Waals surface area contributed by atoms with Gasteiger partial charge in [-0.05, 0) is 67.3 Å². The molecule has 0 atom stereocenters. The largest absolute Gasteiger partial charge is 0.490 e. The van der Waals surface area contributed by atoms with Crippen LogP contribution in [0.1, 0.15) is 37.8 Å². The fourth-order valence-corrected chi connectivity index (χ4v) is 5.08. The number of halogens is 1. The number of imide groups is 1. The zero-order valence-corrected chi connectivity index (χ0v) is 21.9. The van der Waals surface area contributed by atoms with Crippen LogP contribution in [-0.2, 0) is 16.2 Å². The minimum atomic E-state index is -0.458. The number of piperidine rings is 1. The van der Waals surface area contributed by atoms with Crippen molar-refractivity contribution < 1.29 is 23.9 Å².